The monoisotopic (exact) mass is 186 g/mol. The van der Waals surface area contributed by atoms with Gasteiger partial charge in [-0.3, -0.25) is 0 Å². The standard InChI is InChI=1S/C9H18N2O2/c1-3-11(2)9(13)10-7-4-5-8(12)6-7/h7-8,12H,3-6H2,1-2H3,(H,10,13)/t7-,8+/m0/s1. The molecule has 1 rings (SSSR count). The van der Waals surface area contributed by atoms with Gasteiger partial charge in [0.25, 0.3) is 0 Å². The lowest BCUT2D eigenvalue weighted by molar-refractivity contribution is 0.177. The molecule has 1 aliphatic carbocycles. The van der Waals surface area contributed by atoms with E-state index in [4.69, 9.17) is 0 Å². The van der Waals surface area contributed by atoms with Crippen LogP contribution in [0.3, 0.4) is 0 Å². The molecular weight excluding hydrogens is 168 g/mol. The summed E-state index contributed by atoms with van der Waals surface area (Å²) in [5.74, 6) is 0. The Balaban J connectivity index is 2.28. The number of urea groups is 1. The number of carbonyl (C=O) groups excluding carboxylic acids is 1. The molecule has 0 aromatic carbocycles. The number of carbonyl (C=O) groups is 1. The average molecular weight is 186 g/mol. The highest BCUT2D eigenvalue weighted by atomic mass is 16.3. The third kappa shape index (κ3) is 2.88. The first kappa shape index (κ1) is 10.3. The van der Waals surface area contributed by atoms with E-state index in [1.807, 2.05) is 6.92 Å². The molecular formula is C9H18N2O2. The van der Waals surface area contributed by atoms with Crippen LogP contribution in [0.15, 0.2) is 0 Å². The van der Waals surface area contributed by atoms with Crippen molar-refractivity contribution in [2.75, 3.05) is 13.6 Å². The van der Waals surface area contributed by atoms with Crippen LogP contribution < -0.4 is 5.32 Å². The van der Waals surface area contributed by atoms with Crippen molar-refractivity contribution < 1.29 is 9.90 Å². The smallest absolute Gasteiger partial charge is 0.317 e. The number of aliphatic hydroxyl groups is 1. The number of amides is 2. The molecule has 4 heteroatoms. The Labute approximate surface area is 78.9 Å². The normalized spacial score (nSPS) is 27.3. The first-order valence-electron chi connectivity index (χ1n) is 4.83. The Bertz CT molecular complexity index is 184. The van der Waals surface area contributed by atoms with Crippen LogP contribution in [-0.4, -0.2) is 41.8 Å². The van der Waals surface area contributed by atoms with Crippen molar-refractivity contribution in [3.8, 4) is 0 Å². The van der Waals surface area contributed by atoms with Gasteiger partial charge in [0.1, 0.15) is 0 Å². The highest BCUT2D eigenvalue weighted by Gasteiger charge is 2.24. The molecule has 2 N–H and O–H groups in total. The van der Waals surface area contributed by atoms with Gasteiger partial charge in [-0.25, -0.2) is 4.79 Å². The quantitative estimate of drug-likeness (QED) is 0.662. The van der Waals surface area contributed by atoms with E-state index in [1.165, 1.54) is 0 Å². The van der Waals surface area contributed by atoms with Crippen molar-refractivity contribution >= 4 is 6.03 Å². The van der Waals surface area contributed by atoms with Crippen LogP contribution in [0.5, 0.6) is 0 Å². The van der Waals surface area contributed by atoms with Crippen molar-refractivity contribution in [2.24, 2.45) is 0 Å². The first-order chi connectivity index (χ1) is 6.13. The van der Waals surface area contributed by atoms with Gasteiger partial charge in [-0.05, 0) is 26.2 Å². The predicted octanol–water partition coefficient (Wildman–Crippen LogP) is 0.561. The second-order valence-electron chi connectivity index (χ2n) is 3.63. The van der Waals surface area contributed by atoms with Gasteiger partial charge in [0.15, 0.2) is 0 Å². The highest BCUT2D eigenvalue weighted by molar-refractivity contribution is 5.74. The minimum Gasteiger partial charge on any atom is -0.393 e. The van der Waals surface area contributed by atoms with Crippen LogP contribution in [0.25, 0.3) is 0 Å². The molecule has 2 amide bonds. The molecule has 1 saturated carbocycles. The van der Waals surface area contributed by atoms with Gasteiger partial charge < -0.3 is 15.3 Å². The van der Waals surface area contributed by atoms with Crippen LogP contribution in [0.1, 0.15) is 26.2 Å². The molecule has 0 radical (unpaired) electrons. The number of rotatable bonds is 2. The zero-order valence-corrected chi connectivity index (χ0v) is 8.29. The molecule has 0 spiro atoms. The van der Waals surface area contributed by atoms with E-state index in [2.05, 4.69) is 5.32 Å². The Morgan fingerprint density at radius 3 is 2.77 bits per heavy atom. The maximum absolute atomic E-state index is 11.4. The largest absolute Gasteiger partial charge is 0.393 e. The third-order valence-electron chi connectivity index (χ3n) is 2.55. The number of nitrogens with one attached hydrogen (secondary N) is 1. The minimum absolute atomic E-state index is 0.0402. The minimum atomic E-state index is -0.225. The first-order valence-corrected chi connectivity index (χ1v) is 4.83. The van der Waals surface area contributed by atoms with E-state index in [-0.39, 0.29) is 18.2 Å². The molecule has 1 fully saturated rings. The molecule has 0 aromatic rings. The lowest BCUT2D eigenvalue weighted by Crippen LogP contribution is -2.42. The Morgan fingerprint density at radius 2 is 2.31 bits per heavy atom. The molecule has 0 aliphatic heterocycles. The summed E-state index contributed by atoms with van der Waals surface area (Å²) in [6.07, 6.45) is 2.17. The van der Waals surface area contributed by atoms with Crippen LogP contribution >= 0.6 is 0 Å². The van der Waals surface area contributed by atoms with E-state index in [9.17, 15) is 9.90 Å². The number of hydrogen-bond acceptors (Lipinski definition) is 2. The molecule has 0 unspecified atom stereocenters. The summed E-state index contributed by atoms with van der Waals surface area (Å²) >= 11 is 0. The summed E-state index contributed by atoms with van der Waals surface area (Å²) in [4.78, 5) is 13.0. The number of hydrogen-bond donors (Lipinski definition) is 2. The lowest BCUT2D eigenvalue weighted by Gasteiger charge is -2.19. The zero-order chi connectivity index (χ0) is 9.84. The SMILES string of the molecule is CCN(C)C(=O)N[C@H]1CC[C@@H](O)C1. The second kappa shape index (κ2) is 4.46. The van der Waals surface area contributed by atoms with Gasteiger partial charge in [0, 0.05) is 19.6 Å². The molecule has 76 valence electrons. The highest BCUT2D eigenvalue weighted by Crippen LogP contribution is 2.18. The van der Waals surface area contributed by atoms with Crippen molar-refractivity contribution in [3.05, 3.63) is 0 Å². The summed E-state index contributed by atoms with van der Waals surface area (Å²) in [5.41, 5.74) is 0. The van der Waals surface area contributed by atoms with Crippen LogP contribution in [0.4, 0.5) is 4.79 Å². The Kier molecular flexibility index (Phi) is 3.54. The summed E-state index contributed by atoms with van der Waals surface area (Å²) in [6, 6.07) is 0.123. The van der Waals surface area contributed by atoms with E-state index < -0.39 is 0 Å². The van der Waals surface area contributed by atoms with Crippen LogP contribution in [0.2, 0.25) is 0 Å². The average Bonchev–Trinajstić information content (AvgIpc) is 2.49. The summed E-state index contributed by atoms with van der Waals surface area (Å²) in [5, 5.41) is 12.1. The number of aliphatic hydroxyl groups excluding tert-OH is 1. The second-order valence-corrected chi connectivity index (χ2v) is 3.63. The van der Waals surface area contributed by atoms with Gasteiger partial charge in [-0.15, -0.1) is 0 Å². The van der Waals surface area contributed by atoms with E-state index in [0.29, 0.717) is 13.0 Å². The van der Waals surface area contributed by atoms with E-state index >= 15 is 0 Å². The van der Waals surface area contributed by atoms with Crippen molar-refractivity contribution in [2.45, 2.75) is 38.3 Å². The molecule has 13 heavy (non-hydrogen) atoms. The van der Waals surface area contributed by atoms with Gasteiger partial charge in [-0.2, -0.15) is 0 Å². The van der Waals surface area contributed by atoms with Crippen LogP contribution in [-0.2, 0) is 0 Å². The maximum Gasteiger partial charge on any atom is 0.317 e. The van der Waals surface area contributed by atoms with Gasteiger partial charge in [0.2, 0.25) is 0 Å². The molecule has 0 aromatic heterocycles. The molecule has 0 bridgehead atoms. The van der Waals surface area contributed by atoms with Gasteiger partial charge >= 0.3 is 6.03 Å². The predicted molar refractivity (Wildman–Crippen MR) is 50.5 cm³/mol. The zero-order valence-electron chi connectivity index (χ0n) is 8.29. The third-order valence-corrected chi connectivity index (χ3v) is 2.55. The fraction of sp³-hybridized carbons (Fsp3) is 0.889. The van der Waals surface area contributed by atoms with Gasteiger partial charge in [0.05, 0.1) is 6.10 Å². The topological polar surface area (TPSA) is 52.6 Å². The fourth-order valence-corrected chi connectivity index (χ4v) is 1.52. The molecule has 4 nitrogen and oxygen atoms in total. The number of nitrogens with zero attached hydrogens (tertiary/aromatic N) is 1. The summed E-state index contributed by atoms with van der Waals surface area (Å²) in [7, 11) is 1.76. The summed E-state index contributed by atoms with van der Waals surface area (Å²) in [6.45, 7) is 2.64. The van der Waals surface area contributed by atoms with E-state index in [0.717, 1.165) is 12.8 Å². The summed E-state index contributed by atoms with van der Waals surface area (Å²) < 4.78 is 0. The van der Waals surface area contributed by atoms with Crippen molar-refractivity contribution in [1.29, 1.82) is 0 Å². The van der Waals surface area contributed by atoms with E-state index in [1.54, 1.807) is 11.9 Å². The van der Waals surface area contributed by atoms with Crippen molar-refractivity contribution in [1.82, 2.24) is 10.2 Å². The molecule has 1 aliphatic rings. The van der Waals surface area contributed by atoms with Crippen LogP contribution in [0, 0.1) is 0 Å². The maximum atomic E-state index is 11.4. The molecule has 0 saturated heterocycles. The molecule has 0 heterocycles. The Hall–Kier alpha value is -0.770. The van der Waals surface area contributed by atoms with Gasteiger partial charge in [-0.1, -0.05) is 0 Å². The molecule has 2 atom stereocenters. The fourth-order valence-electron chi connectivity index (χ4n) is 1.52. The lowest BCUT2D eigenvalue weighted by atomic mass is 10.2. The van der Waals surface area contributed by atoms with Crippen molar-refractivity contribution in [3.63, 3.8) is 0 Å². The Morgan fingerprint density at radius 1 is 1.62 bits per heavy atom.